The van der Waals surface area contributed by atoms with Crippen LogP contribution in [0.5, 0.6) is 0 Å². The van der Waals surface area contributed by atoms with E-state index in [-0.39, 0.29) is 0 Å². The summed E-state index contributed by atoms with van der Waals surface area (Å²) < 4.78 is 5.37. The largest absolute Gasteiger partial charge is 0.467 e. The molecule has 2 rings (SSSR count). The second-order valence-electron chi connectivity index (χ2n) is 4.59. The van der Waals surface area contributed by atoms with Crippen molar-refractivity contribution < 1.29 is 4.42 Å². The number of anilines is 1. The van der Waals surface area contributed by atoms with Gasteiger partial charge in [0.2, 0.25) is 0 Å². The van der Waals surface area contributed by atoms with Crippen molar-refractivity contribution in [1.82, 2.24) is 0 Å². The molecule has 1 heterocycles. The maximum absolute atomic E-state index is 5.58. The van der Waals surface area contributed by atoms with E-state index < -0.39 is 0 Å². The fourth-order valence-corrected chi connectivity index (χ4v) is 2.19. The fourth-order valence-electron chi connectivity index (χ4n) is 2.19. The summed E-state index contributed by atoms with van der Waals surface area (Å²) in [6, 6.07) is 10.4. The van der Waals surface area contributed by atoms with Gasteiger partial charge >= 0.3 is 0 Å². The van der Waals surface area contributed by atoms with Crippen LogP contribution in [0.15, 0.2) is 41.0 Å². The van der Waals surface area contributed by atoms with Crippen LogP contribution < -0.4 is 10.6 Å². The number of nitrogens with zero attached hydrogens (tertiary/aromatic N) is 1. The minimum absolute atomic E-state index is 0.695. The minimum Gasteiger partial charge on any atom is -0.467 e. The molecule has 0 amide bonds. The molecule has 18 heavy (non-hydrogen) atoms. The van der Waals surface area contributed by atoms with Crippen LogP contribution in [0.4, 0.5) is 5.69 Å². The van der Waals surface area contributed by atoms with Gasteiger partial charge in [-0.1, -0.05) is 12.1 Å². The molecular weight excluding hydrogens is 224 g/mol. The van der Waals surface area contributed by atoms with Gasteiger partial charge in [0.15, 0.2) is 0 Å². The van der Waals surface area contributed by atoms with Crippen molar-refractivity contribution in [3.8, 4) is 0 Å². The summed E-state index contributed by atoms with van der Waals surface area (Å²) in [6.45, 7) is 3.61. The molecule has 3 nitrogen and oxygen atoms in total. The Morgan fingerprint density at radius 2 is 2.11 bits per heavy atom. The second kappa shape index (κ2) is 5.74. The predicted octanol–water partition coefficient (Wildman–Crippen LogP) is 2.73. The first-order chi connectivity index (χ1) is 8.70. The van der Waals surface area contributed by atoms with Gasteiger partial charge in [0.1, 0.15) is 5.76 Å². The molecule has 2 N–H and O–H groups in total. The van der Waals surface area contributed by atoms with E-state index in [1.807, 2.05) is 12.1 Å². The minimum atomic E-state index is 0.695. The molecule has 1 aromatic carbocycles. The average Bonchev–Trinajstić information content (AvgIpc) is 2.82. The third kappa shape index (κ3) is 2.93. The van der Waals surface area contributed by atoms with Crippen LogP contribution in [0.3, 0.4) is 0 Å². The van der Waals surface area contributed by atoms with Crippen LogP contribution in [0.2, 0.25) is 0 Å². The fraction of sp³-hybridized carbons (Fsp3) is 0.333. The third-order valence-electron chi connectivity index (χ3n) is 3.08. The second-order valence-corrected chi connectivity index (χ2v) is 4.59. The number of benzene rings is 1. The van der Waals surface area contributed by atoms with Gasteiger partial charge in [0.05, 0.1) is 12.8 Å². The molecule has 0 aliphatic carbocycles. The van der Waals surface area contributed by atoms with Gasteiger partial charge in [-0.25, -0.2) is 0 Å². The zero-order chi connectivity index (χ0) is 13.0. The van der Waals surface area contributed by atoms with E-state index in [1.54, 1.807) is 6.26 Å². The summed E-state index contributed by atoms with van der Waals surface area (Å²) in [5.41, 5.74) is 9.37. The molecule has 0 saturated heterocycles. The summed E-state index contributed by atoms with van der Waals surface area (Å²) in [4.78, 5) is 2.19. The Bertz CT molecular complexity index is 491. The Balaban J connectivity index is 2.12. The Kier molecular flexibility index (Phi) is 4.05. The normalized spacial score (nSPS) is 10.6. The van der Waals surface area contributed by atoms with E-state index >= 15 is 0 Å². The maximum atomic E-state index is 5.58. The first-order valence-corrected chi connectivity index (χ1v) is 6.24. The highest BCUT2D eigenvalue weighted by Crippen LogP contribution is 2.22. The van der Waals surface area contributed by atoms with E-state index in [0.29, 0.717) is 6.54 Å². The molecular formula is C15H20N2O. The molecule has 96 valence electrons. The van der Waals surface area contributed by atoms with Crippen molar-refractivity contribution >= 4 is 5.69 Å². The van der Waals surface area contributed by atoms with Crippen LogP contribution in [-0.2, 0) is 13.0 Å². The van der Waals surface area contributed by atoms with Crippen LogP contribution in [-0.4, -0.2) is 13.6 Å². The van der Waals surface area contributed by atoms with Gasteiger partial charge in [-0.2, -0.15) is 0 Å². The van der Waals surface area contributed by atoms with E-state index in [4.69, 9.17) is 10.2 Å². The van der Waals surface area contributed by atoms with Crippen molar-refractivity contribution in [2.75, 3.05) is 18.5 Å². The van der Waals surface area contributed by atoms with E-state index in [0.717, 1.165) is 18.7 Å². The van der Waals surface area contributed by atoms with Crippen LogP contribution in [0.1, 0.15) is 16.9 Å². The van der Waals surface area contributed by atoms with Gasteiger partial charge in [-0.05, 0) is 49.2 Å². The zero-order valence-electron chi connectivity index (χ0n) is 11.0. The van der Waals surface area contributed by atoms with E-state index in [9.17, 15) is 0 Å². The highest BCUT2D eigenvalue weighted by molar-refractivity contribution is 5.54. The van der Waals surface area contributed by atoms with Crippen molar-refractivity contribution in [2.24, 2.45) is 5.73 Å². The molecule has 2 aromatic rings. The predicted molar refractivity (Wildman–Crippen MR) is 74.8 cm³/mol. The molecule has 0 unspecified atom stereocenters. The first-order valence-electron chi connectivity index (χ1n) is 6.24. The number of furan rings is 1. The lowest BCUT2D eigenvalue weighted by Gasteiger charge is -2.20. The maximum Gasteiger partial charge on any atom is 0.123 e. The molecule has 0 radical (unpaired) electrons. The average molecular weight is 244 g/mol. The zero-order valence-corrected chi connectivity index (χ0v) is 11.0. The van der Waals surface area contributed by atoms with Crippen molar-refractivity contribution in [3.63, 3.8) is 0 Å². The van der Waals surface area contributed by atoms with Gasteiger partial charge in [0.25, 0.3) is 0 Å². The molecule has 0 aliphatic rings. The molecule has 0 fully saturated rings. The lowest BCUT2D eigenvalue weighted by atomic mass is 10.1. The topological polar surface area (TPSA) is 42.4 Å². The Morgan fingerprint density at radius 3 is 2.72 bits per heavy atom. The number of hydrogen-bond donors (Lipinski definition) is 1. The number of aryl methyl sites for hydroxylation is 1. The summed E-state index contributed by atoms with van der Waals surface area (Å²) in [5.74, 6) is 0.975. The van der Waals surface area contributed by atoms with Gasteiger partial charge in [-0.3, -0.25) is 0 Å². The summed E-state index contributed by atoms with van der Waals surface area (Å²) >= 11 is 0. The molecule has 1 aromatic heterocycles. The Morgan fingerprint density at radius 1 is 1.28 bits per heavy atom. The van der Waals surface area contributed by atoms with Crippen LogP contribution in [0, 0.1) is 6.92 Å². The van der Waals surface area contributed by atoms with Gasteiger partial charge in [0, 0.05) is 12.7 Å². The molecule has 0 saturated carbocycles. The van der Waals surface area contributed by atoms with E-state index in [1.165, 1.54) is 16.8 Å². The molecule has 3 heteroatoms. The summed E-state index contributed by atoms with van der Waals surface area (Å²) in [7, 11) is 2.08. The monoisotopic (exact) mass is 244 g/mol. The number of rotatable bonds is 5. The lowest BCUT2D eigenvalue weighted by molar-refractivity contribution is 0.507. The molecule has 0 atom stereocenters. The van der Waals surface area contributed by atoms with Crippen molar-refractivity contribution in [1.29, 1.82) is 0 Å². The number of nitrogens with two attached hydrogens (primary N) is 1. The standard InChI is InChI=1S/C15H20N2O/c1-12-10-13(7-8-16)5-6-15(12)17(2)11-14-4-3-9-18-14/h3-6,9-10H,7-8,11,16H2,1-2H3. The molecule has 0 aliphatic heterocycles. The van der Waals surface area contributed by atoms with Gasteiger partial charge in [-0.15, -0.1) is 0 Å². The van der Waals surface area contributed by atoms with Crippen LogP contribution in [0.25, 0.3) is 0 Å². The summed E-state index contributed by atoms with van der Waals surface area (Å²) in [5, 5.41) is 0. The van der Waals surface area contributed by atoms with Crippen LogP contribution >= 0.6 is 0 Å². The SMILES string of the molecule is Cc1cc(CCN)ccc1N(C)Cc1ccco1. The quantitative estimate of drug-likeness (QED) is 0.879. The first kappa shape index (κ1) is 12.7. The third-order valence-corrected chi connectivity index (χ3v) is 3.08. The molecule has 0 spiro atoms. The van der Waals surface area contributed by atoms with Crippen molar-refractivity contribution in [3.05, 3.63) is 53.5 Å². The Labute approximate surface area is 108 Å². The number of hydrogen-bond acceptors (Lipinski definition) is 3. The lowest BCUT2D eigenvalue weighted by Crippen LogP contribution is -2.17. The highest BCUT2D eigenvalue weighted by atomic mass is 16.3. The van der Waals surface area contributed by atoms with Crippen molar-refractivity contribution in [2.45, 2.75) is 19.9 Å². The highest BCUT2D eigenvalue weighted by Gasteiger charge is 2.07. The Hall–Kier alpha value is -1.74. The smallest absolute Gasteiger partial charge is 0.123 e. The van der Waals surface area contributed by atoms with E-state index in [2.05, 4.69) is 37.1 Å². The summed E-state index contributed by atoms with van der Waals surface area (Å²) in [6.07, 6.45) is 2.64. The van der Waals surface area contributed by atoms with Gasteiger partial charge < -0.3 is 15.1 Å². The molecule has 0 bridgehead atoms.